The molecule has 0 saturated heterocycles. The molecule has 1 saturated carbocycles. The van der Waals surface area contributed by atoms with E-state index in [1.54, 1.807) is 13.3 Å². The molecule has 4 N–H and O–H groups in total. The fourth-order valence-corrected chi connectivity index (χ4v) is 3.50. The number of nitrogens with zero attached hydrogens (tertiary/aromatic N) is 1. The Hall–Kier alpha value is -1.92. The third-order valence-corrected chi connectivity index (χ3v) is 4.83. The Morgan fingerprint density at radius 1 is 1.46 bits per heavy atom. The van der Waals surface area contributed by atoms with Gasteiger partial charge in [0.05, 0.1) is 23.4 Å². The van der Waals surface area contributed by atoms with Gasteiger partial charge < -0.3 is 20.8 Å². The first-order chi connectivity index (χ1) is 11.7. The number of rotatable bonds is 7. The van der Waals surface area contributed by atoms with Gasteiger partial charge in [-0.15, -0.1) is 0 Å². The lowest BCUT2D eigenvalue weighted by Gasteiger charge is -2.32. The third kappa shape index (κ3) is 3.44. The summed E-state index contributed by atoms with van der Waals surface area (Å²) in [6, 6.07) is 2.18. The summed E-state index contributed by atoms with van der Waals surface area (Å²) >= 11 is 0. The van der Waals surface area contributed by atoms with Gasteiger partial charge in [0.2, 0.25) is 0 Å². The lowest BCUT2D eigenvalue weighted by Crippen LogP contribution is -2.38. The summed E-state index contributed by atoms with van der Waals surface area (Å²) in [4.78, 5) is 20.1. The highest BCUT2D eigenvalue weighted by atomic mass is 16.5. The minimum absolute atomic E-state index is 0.0864. The lowest BCUT2D eigenvalue weighted by molar-refractivity contribution is 0.0606. The molecule has 2 aromatic rings. The predicted molar refractivity (Wildman–Crippen MR) is 95.4 cm³/mol. The van der Waals surface area contributed by atoms with E-state index in [0.717, 1.165) is 29.6 Å². The SMILES string of the molecule is COC1CCCCC1Nc1c(C(=O)CCCN)cnc2[nH]ccc12. The van der Waals surface area contributed by atoms with Gasteiger partial charge in [-0.1, -0.05) is 12.8 Å². The molecule has 0 aliphatic heterocycles. The number of hydrogen-bond donors (Lipinski definition) is 3. The molecule has 0 bridgehead atoms. The van der Waals surface area contributed by atoms with Crippen molar-refractivity contribution in [2.75, 3.05) is 19.0 Å². The molecule has 0 amide bonds. The number of pyridine rings is 1. The summed E-state index contributed by atoms with van der Waals surface area (Å²) in [5, 5.41) is 4.55. The van der Waals surface area contributed by atoms with Gasteiger partial charge in [-0.2, -0.15) is 0 Å². The summed E-state index contributed by atoms with van der Waals surface area (Å²) in [5.41, 5.74) is 7.86. The number of anilines is 1. The smallest absolute Gasteiger partial charge is 0.166 e. The number of H-pyrrole nitrogens is 1. The molecule has 0 radical (unpaired) electrons. The number of ketones is 1. The molecule has 1 aliphatic carbocycles. The van der Waals surface area contributed by atoms with Crippen molar-refractivity contribution in [3.05, 3.63) is 24.0 Å². The molecule has 0 aromatic carbocycles. The Morgan fingerprint density at radius 3 is 3.08 bits per heavy atom. The van der Waals surface area contributed by atoms with Crippen LogP contribution in [0.25, 0.3) is 11.0 Å². The maximum absolute atomic E-state index is 12.6. The van der Waals surface area contributed by atoms with E-state index in [0.29, 0.717) is 24.9 Å². The minimum atomic E-state index is 0.0864. The van der Waals surface area contributed by atoms with Crippen molar-refractivity contribution in [2.24, 2.45) is 5.73 Å². The first-order valence-corrected chi connectivity index (χ1v) is 8.73. The maximum atomic E-state index is 12.6. The van der Waals surface area contributed by atoms with Gasteiger partial charge in [0.25, 0.3) is 0 Å². The topological polar surface area (TPSA) is 93.0 Å². The number of Topliss-reactive ketones (excluding diaryl/α,β-unsaturated/α-hetero) is 1. The fourth-order valence-electron chi connectivity index (χ4n) is 3.50. The van der Waals surface area contributed by atoms with E-state index in [2.05, 4.69) is 15.3 Å². The summed E-state index contributed by atoms with van der Waals surface area (Å²) in [5.74, 6) is 0.0864. The van der Waals surface area contributed by atoms with Crippen molar-refractivity contribution in [3.63, 3.8) is 0 Å². The molecule has 2 aromatic heterocycles. The third-order valence-electron chi connectivity index (χ3n) is 4.83. The van der Waals surface area contributed by atoms with E-state index < -0.39 is 0 Å². The largest absolute Gasteiger partial charge is 0.379 e. The first-order valence-electron chi connectivity index (χ1n) is 8.73. The maximum Gasteiger partial charge on any atom is 0.166 e. The van der Waals surface area contributed by atoms with Crippen molar-refractivity contribution in [2.45, 2.75) is 50.7 Å². The van der Waals surface area contributed by atoms with Gasteiger partial charge >= 0.3 is 0 Å². The molecule has 2 heterocycles. The van der Waals surface area contributed by atoms with Crippen LogP contribution in [-0.2, 0) is 4.74 Å². The van der Waals surface area contributed by atoms with Gasteiger partial charge in [0.1, 0.15) is 5.65 Å². The van der Waals surface area contributed by atoms with Crippen LogP contribution in [-0.4, -0.2) is 41.6 Å². The molecule has 2 atom stereocenters. The number of aromatic amines is 1. The molecule has 24 heavy (non-hydrogen) atoms. The molecule has 1 fully saturated rings. The van der Waals surface area contributed by atoms with Gasteiger partial charge in [-0.3, -0.25) is 4.79 Å². The Kier molecular flexibility index (Phi) is 5.48. The van der Waals surface area contributed by atoms with Gasteiger partial charge in [0, 0.05) is 31.3 Å². The van der Waals surface area contributed by atoms with Crippen LogP contribution in [0.4, 0.5) is 5.69 Å². The summed E-state index contributed by atoms with van der Waals surface area (Å²) in [7, 11) is 1.76. The van der Waals surface area contributed by atoms with E-state index in [-0.39, 0.29) is 17.9 Å². The average molecular weight is 330 g/mol. The van der Waals surface area contributed by atoms with Crippen molar-refractivity contribution < 1.29 is 9.53 Å². The summed E-state index contributed by atoms with van der Waals surface area (Å²) in [6.07, 6.45) is 9.29. The normalized spacial score (nSPS) is 21.1. The summed E-state index contributed by atoms with van der Waals surface area (Å²) < 4.78 is 5.65. The fraction of sp³-hybridized carbons (Fsp3) is 0.556. The standard InChI is InChI=1S/C18H26N4O2/c1-24-16-7-3-2-5-14(16)22-17-12-8-10-20-18(12)21-11-13(17)15(23)6-4-9-19/h8,10-11,14,16H,2-7,9,19H2,1H3,(H2,20,21,22). The average Bonchev–Trinajstić information content (AvgIpc) is 3.09. The number of fused-ring (bicyclic) bond motifs is 1. The molecule has 0 spiro atoms. The zero-order valence-electron chi connectivity index (χ0n) is 14.2. The zero-order chi connectivity index (χ0) is 16.9. The Balaban J connectivity index is 1.94. The number of carbonyl (C=O) groups excluding carboxylic acids is 1. The second-order valence-corrected chi connectivity index (χ2v) is 6.41. The van der Waals surface area contributed by atoms with Crippen molar-refractivity contribution >= 4 is 22.5 Å². The van der Waals surface area contributed by atoms with Crippen LogP contribution in [0.3, 0.4) is 0 Å². The van der Waals surface area contributed by atoms with Crippen LogP contribution in [0.1, 0.15) is 48.9 Å². The van der Waals surface area contributed by atoms with Gasteiger partial charge in [0.15, 0.2) is 5.78 Å². The second kappa shape index (κ2) is 7.77. The Morgan fingerprint density at radius 2 is 2.29 bits per heavy atom. The minimum Gasteiger partial charge on any atom is -0.379 e. The molecule has 6 nitrogen and oxygen atoms in total. The van der Waals surface area contributed by atoms with Gasteiger partial charge in [-0.25, -0.2) is 4.98 Å². The number of carbonyl (C=O) groups is 1. The van der Waals surface area contributed by atoms with Crippen LogP contribution in [0.15, 0.2) is 18.5 Å². The van der Waals surface area contributed by atoms with E-state index in [1.165, 1.54) is 12.8 Å². The molecule has 3 rings (SSSR count). The quantitative estimate of drug-likeness (QED) is 0.679. The highest BCUT2D eigenvalue weighted by Crippen LogP contribution is 2.31. The van der Waals surface area contributed by atoms with Crippen LogP contribution in [0.2, 0.25) is 0 Å². The highest BCUT2D eigenvalue weighted by Gasteiger charge is 2.27. The first kappa shape index (κ1) is 16.9. The van der Waals surface area contributed by atoms with E-state index in [1.807, 2.05) is 12.3 Å². The van der Waals surface area contributed by atoms with E-state index >= 15 is 0 Å². The molecule has 1 aliphatic rings. The number of nitrogens with two attached hydrogens (primary N) is 1. The highest BCUT2D eigenvalue weighted by molar-refractivity contribution is 6.07. The molecular weight excluding hydrogens is 304 g/mol. The second-order valence-electron chi connectivity index (χ2n) is 6.41. The van der Waals surface area contributed by atoms with Gasteiger partial charge in [-0.05, 0) is 31.9 Å². The predicted octanol–water partition coefficient (Wildman–Crippen LogP) is 2.85. The number of methoxy groups -OCH3 is 1. The van der Waals surface area contributed by atoms with E-state index in [4.69, 9.17) is 10.5 Å². The monoisotopic (exact) mass is 330 g/mol. The lowest BCUT2D eigenvalue weighted by atomic mass is 9.91. The van der Waals surface area contributed by atoms with Crippen LogP contribution >= 0.6 is 0 Å². The van der Waals surface area contributed by atoms with Crippen LogP contribution in [0.5, 0.6) is 0 Å². The molecule has 130 valence electrons. The van der Waals surface area contributed by atoms with Crippen molar-refractivity contribution in [3.8, 4) is 0 Å². The van der Waals surface area contributed by atoms with Crippen molar-refractivity contribution in [1.29, 1.82) is 0 Å². The van der Waals surface area contributed by atoms with E-state index in [9.17, 15) is 4.79 Å². The summed E-state index contributed by atoms with van der Waals surface area (Å²) in [6.45, 7) is 0.517. The molecule has 2 unspecified atom stereocenters. The number of aromatic nitrogens is 2. The van der Waals surface area contributed by atoms with Crippen molar-refractivity contribution in [1.82, 2.24) is 9.97 Å². The molecule has 6 heteroatoms. The van der Waals surface area contributed by atoms with Crippen LogP contribution in [0, 0.1) is 0 Å². The van der Waals surface area contributed by atoms with Crippen LogP contribution < -0.4 is 11.1 Å². The Bertz CT molecular complexity index is 697. The number of ether oxygens (including phenoxy) is 1. The number of nitrogens with one attached hydrogen (secondary N) is 2. The number of hydrogen-bond acceptors (Lipinski definition) is 5. The zero-order valence-corrected chi connectivity index (χ0v) is 14.2. The Labute approximate surface area is 142 Å². The molecular formula is C18H26N4O2.